The lowest BCUT2D eigenvalue weighted by molar-refractivity contribution is 0.102. The minimum absolute atomic E-state index is 0.236. The summed E-state index contributed by atoms with van der Waals surface area (Å²) in [5, 5.41) is 11.8. The third-order valence-electron chi connectivity index (χ3n) is 3.95. The lowest BCUT2D eigenvalue weighted by Gasteiger charge is -2.14. The molecule has 1 amide bonds. The fourth-order valence-corrected chi connectivity index (χ4v) is 2.78. The summed E-state index contributed by atoms with van der Waals surface area (Å²) in [5.41, 5.74) is 1.62. The Morgan fingerprint density at radius 2 is 1.91 bits per heavy atom. The molecule has 0 heterocycles. The molecule has 3 rings (SSSR count). The smallest absolute Gasteiger partial charge is 0.255 e. The van der Waals surface area contributed by atoms with Crippen LogP contribution in [-0.2, 0) is 0 Å². The van der Waals surface area contributed by atoms with Gasteiger partial charge in [0.25, 0.3) is 5.91 Å². The number of hydrogen-bond donors (Lipinski definition) is 1. The van der Waals surface area contributed by atoms with Crippen molar-refractivity contribution in [3.8, 4) is 11.8 Å². The largest absolute Gasteiger partial charge is 0.490 e. The Morgan fingerprint density at radius 1 is 1.13 bits per heavy atom. The van der Waals surface area contributed by atoms with Gasteiger partial charge in [0.1, 0.15) is 5.75 Å². The van der Waals surface area contributed by atoms with Gasteiger partial charge >= 0.3 is 0 Å². The predicted molar refractivity (Wildman–Crippen MR) is 88.4 cm³/mol. The van der Waals surface area contributed by atoms with Crippen LogP contribution in [0.4, 0.5) is 5.69 Å². The molecule has 1 fully saturated rings. The molecule has 116 valence electrons. The molecule has 0 bridgehead atoms. The number of benzene rings is 2. The van der Waals surface area contributed by atoms with Crippen LogP contribution in [0.3, 0.4) is 0 Å². The highest BCUT2D eigenvalue weighted by atomic mass is 16.5. The van der Waals surface area contributed by atoms with Gasteiger partial charge in [-0.2, -0.15) is 5.26 Å². The lowest BCUT2D eigenvalue weighted by atomic mass is 10.1. The van der Waals surface area contributed by atoms with E-state index in [1.807, 2.05) is 30.3 Å². The number of carbonyl (C=O) groups excluding carboxylic acids is 1. The van der Waals surface area contributed by atoms with Gasteiger partial charge in [0, 0.05) is 17.3 Å². The van der Waals surface area contributed by atoms with E-state index < -0.39 is 0 Å². The molecule has 1 aliphatic rings. The maximum atomic E-state index is 12.3. The zero-order valence-electron chi connectivity index (χ0n) is 12.8. The van der Waals surface area contributed by atoms with Crippen LogP contribution in [-0.4, -0.2) is 12.0 Å². The predicted octanol–water partition coefficient (Wildman–Crippen LogP) is 4.13. The number of anilines is 1. The first-order valence-corrected chi connectivity index (χ1v) is 7.83. The van der Waals surface area contributed by atoms with Crippen molar-refractivity contribution in [2.75, 3.05) is 5.32 Å². The van der Waals surface area contributed by atoms with Crippen molar-refractivity contribution in [2.24, 2.45) is 0 Å². The summed E-state index contributed by atoms with van der Waals surface area (Å²) in [6.45, 7) is 0. The fourth-order valence-electron chi connectivity index (χ4n) is 2.78. The average molecular weight is 306 g/mol. The molecule has 0 spiro atoms. The Hall–Kier alpha value is -2.80. The summed E-state index contributed by atoms with van der Waals surface area (Å²) in [5.74, 6) is 0.542. The number of amides is 1. The number of carbonyl (C=O) groups is 1. The highest BCUT2D eigenvalue weighted by Crippen LogP contribution is 2.26. The summed E-state index contributed by atoms with van der Waals surface area (Å²) >= 11 is 0. The Balaban J connectivity index is 1.69. The van der Waals surface area contributed by atoms with Crippen LogP contribution in [0.25, 0.3) is 0 Å². The molecule has 0 aliphatic heterocycles. The molecular weight excluding hydrogens is 288 g/mol. The maximum Gasteiger partial charge on any atom is 0.255 e. The van der Waals surface area contributed by atoms with Crippen LogP contribution < -0.4 is 10.1 Å². The Bertz CT molecular complexity index is 743. The molecule has 1 N–H and O–H groups in total. The van der Waals surface area contributed by atoms with E-state index in [1.54, 1.807) is 24.3 Å². The van der Waals surface area contributed by atoms with Gasteiger partial charge in [-0.3, -0.25) is 4.79 Å². The first-order chi connectivity index (χ1) is 11.2. The molecule has 0 radical (unpaired) electrons. The van der Waals surface area contributed by atoms with E-state index in [9.17, 15) is 4.79 Å². The lowest BCUT2D eigenvalue weighted by Crippen LogP contribution is -2.13. The van der Waals surface area contributed by atoms with Gasteiger partial charge in [-0.1, -0.05) is 12.1 Å². The van der Waals surface area contributed by atoms with Gasteiger partial charge in [-0.15, -0.1) is 0 Å². The molecular formula is C19H18N2O2. The minimum atomic E-state index is -0.236. The van der Waals surface area contributed by atoms with E-state index in [1.165, 1.54) is 12.8 Å². The van der Waals surface area contributed by atoms with Crippen LogP contribution in [0.5, 0.6) is 5.75 Å². The quantitative estimate of drug-likeness (QED) is 0.923. The molecule has 2 aromatic carbocycles. The zero-order chi connectivity index (χ0) is 16.1. The van der Waals surface area contributed by atoms with Crippen molar-refractivity contribution in [2.45, 2.75) is 31.8 Å². The number of nitriles is 1. The third-order valence-corrected chi connectivity index (χ3v) is 3.95. The SMILES string of the molecule is N#Cc1cccc(C(=O)Nc2cccc(OC3CCCC3)c2)c1. The molecule has 0 unspecified atom stereocenters. The first-order valence-electron chi connectivity index (χ1n) is 7.83. The van der Waals surface area contributed by atoms with Gasteiger partial charge in [-0.25, -0.2) is 0 Å². The molecule has 23 heavy (non-hydrogen) atoms. The van der Waals surface area contributed by atoms with Crippen LogP contribution in [0, 0.1) is 11.3 Å². The van der Waals surface area contributed by atoms with Gasteiger partial charge in [0.05, 0.1) is 17.7 Å². The van der Waals surface area contributed by atoms with Crippen molar-refractivity contribution in [3.63, 3.8) is 0 Å². The number of nitrogens with zero attached hydrogens (tertiary/aromatic N) is 1. The van der Waals surface area contributed by atoms with E-state index in [4.69, 9.17) is 10.00 Å². The van der Waals surface area contributed by atoms with E-state index in [2.05, 4.69) is 5.32 Å². The van der Waals surface area contributed by atoms with E-state index in [-0.39, 0.29) is 12.0 Å². The van der Waals surface area contributed by atoms with Crippen molar-refractivity contribution >= 4 is 11.6 Å². The second-order valence-corrected chi connectivity index (χ2v) is 5.70. The summed E-state index contributed by atoms with van der Waals surface area (Å²) in [7, 11) is 0. The minimum Gasteiger partial charge on any atom is -0.490 e. The Morgan fingerprint density at radius 3 is 2.70 bits per heavy atom. The second kappa shape index (κ2) is 6.97. The van der Waals surface area contributed by atoms with Gasteiger partial charge < -0.3 is 10.1 Å². The monoisotopic (exact) mass is 306 g/mol. The van der Waals surface area contributed by atoms with Crippen LogP contribution >= 0.6 is 0 Å². The average Bonchev–Trinajstić information content (AvgIpc) is 3.08. The number of rotatable bonds is 4. The molecule has 4 nitrogen and oxygen atoms in total. The number of hydrogen-bond acceptors (Lipinski definition) is 3. The van der Waals surface area contributed by atoms with Crippen molar-refractivity contribution in [3.05, 3.63) is 59.7 Å². The normalized spacial score (nSPS) is 14.2. The van der Waals surface area contributed by atoms with E-state index in [0.717, 1.165) is 18.6 Å². The Kier molecular flexibility index (Phi) is 4.58. The first kappa shape index (κ1) is 15.1. The second-order valence-electron chi connectivity index (χ2n) is 5.70. The molecule has 4 heteroatoms. The van der Waals surface area contributed by atoms with E-state index >= 15 is 0 Å². The summed E-state index contributed by atoms with van der Waals surface area (Å²) < 4.78 is 5.95. The van der Waals surface area contributed by atoms with Crippen LogP contribution in [0.1, 0.15) is 41.6 Å². The van der Waals surface area contributed by atoms with Crippen molar-refractivity contribution in [1.82, 2.24) is 0 Å². The topological polar surface area (TPSA) is 62.1 Å². The summed E-state index contributed by atoms with van der Waals surface area (Å²) in [6, 6.07) is 16.1. The fraction of sp³-hybridized carbons (Fsp3) is 0.263. The summed E-state index contributed by atoms with van der Waals surface area (Å²) in [4.78, 5) is 12.3. The van der Waals surface area contributed by atoms with Gasteiger partial charge in [0.15, 0.2) is 0 Å². The van der Waals surface area contributed by atoms with Crippen molar-refractivity contribution < 1.29 is 9.53 Å². The van der Waals surface area contributed by atoms with Crippen LogP contribution in [0.2, 0.25) is 0 Å². The third kappa shape index (κ3) is 3.89. The van der Waals surface area contributed by atoms with E-state index in [0.29, 0.717) is 16.8 Å². The maximum absolute atomic E-state index is 12.3. The van der Waals surface area contributed by atoms with Gasteiger partial charge in [0.2, 0.25) is 0 Å². The highest BCUT2D eigenvalue weighted by Gasteiger charge is 2.16. The standard InChI is InChI=1S/C19H18N2O2/c20-13-14-5-3-6-15(11-14)19(22)21-16-7-4-10-18(12-16)23-17-8-1-2-9-17/h3-7,10-12,17H,1-2,8-9H2,(H,21,22). The molecule has 0 atom stereocenters. The Labute approximate surface area is 135 Å². The molecule has 0 aromatic heterocycles. The highest BCUT2D eigenvalue weighted by molar-refractivity contribution is 6.04. The molecule has 1 saturated carbocycles. The van der Waals surface area contributed by atoms with Gasteiger partial charge in [-0.05, 0) is 56.0 Å². The molecule has 0 saturated heterocycles. The van der Waals surface area contributed by atoms with Crippen molar-refractivity contribution in [1.29, 1.82) is 5.26 Å². The molecule has 1 aliphatic carbocycles. The number of nitrogens with one attached hydrogen (secondary N) is 1. The van der Waals surface area contributed by atoms with Crippen LogP contribution in [0.15, 0.2) is 48.5 Å². The zero-order valence-corrected chi connectivity index (χ0v) is 12.8. The molecule has 2 aromatic rings. The number of ether oxygens (including phenoxy) is 1. The summed E-state index contributed by atoms with van der Waals surface area (Å²) in [6.07, 6.45) is 4.91.